The van der Waals surface area contributed by atoms with E-state index in [1.807, 2.05) is 36.5 Å². The van der Waals surface area contributed by atoms with Gasteiger partial charge in [0.15, 0.2) is 6.23 Å². The van der Waals surface area contributed by atoms with Gasteiger partial charge >= 0.3 is 0 Å². The van der Waals surface area contributed by atoms with Gasteiger partial charge in [-0.2, -0.15) is 5.26 Å². The molecule has 4 aromatic rings. The molecule has 0 amide bonds. The molecule has 1 aliphatic heterocycles. The average molecular weight is 442 g/mol. The first-order valence-corrected chi connectivity index (χ1v) is 10.5. The van der Waals surface area contributed by atoms with E-state index in [0.29, 0.717) is 17.0 Å². The molecule has 4 atom stereocenters. The van der Waals surface area contributed by atoms with Gasteiger partial charge in [0.2, 0.25) is 0 Å². The predicted molar refractivity (Wildman–Crippen MR) is 122 cm³/mol. The van der Waals surface area contributed by atoms with Crippen LogP contribution in [0.25, 0.3) is 22.2 Å². The molecule has 0 saturated carbocycles. The summed E-state index contributed by atoms with van der Waals surface area (Å²) in [5.74, 6) is 0.561. The molecule has 1 saturated heterocycles. The number of aliphatic hydroxyl groups excluding tert-OH is 2. The van der Waals surface area contributed by atoms with Gasteiger partial charge < -0.3 is 30.6 Å². The topological polar surface area (TPSA) is 142 Å². The molecule has 0 unspecified atom stereocenters. The number of aromatic nitrogens is 3. The maximum atomic E-state index is 10.7. The monoisotopic (exact) mass is 442 g/mol. The number of ether oxygens (including phenoxy) is 1. The van der Waals surface area contributed by atoms with Crippen LogP contribution in [0.3, 0.4) is 0 Å². The van der Waals surface area contributed by atoms with Gasteiger partial charge in [-0.05, 0) is 29.8 Å². The minimum absolute atomic E-state index is 0.0833. The van der Waals surface area contributed by atoms with Gasteiger partial charge in [0.1, 0.15) is 36.1 Å². The van der Waals surface area contributed by atoms with Crippen molar-refractivity contribution in [1.29, 1.82) is 5.26 Å². The fourth-order valence-corrected chi connectivity index (χ4v) is 4.13. The van der Waals surface area contributed by atoms with Crippen molar-refractivity contribution in [3.05, 3.63) is 72.7 Å². The second-order valence-corrected chi connectivity index (χ2v) is 7.83. The average Bonchev–Trinajstić information content (AvgIpc) is 3.38. The lowest BCUT2D eigenvalue weighted by atomic mass is 10.1. The molecular formula is C24H22N6O3. The summed E-state index contributed by atoms with van der Waals surface area (Å²) in [7, 11) is 0. The fourth-order valence-electron chi connectivity index (χ4n) is 4.13. The summed E-state index contributed by atoms with van der Waals surface area (Å²) in [6.45, 7) is 0.0833. The standard InChI is InChI=1S/C24H22N6O3/c25-10-14-6-8-16(9-7-14)29-22-19-17(15-4-2-1-3-5-15)12-30(23(19)28-13-27-22)24-21(32)20(31)18(11-26)33-24/h1-9,12-13,18,20-21,24,31-32H,11,26H2,(H,27,28,29)/t18-,20+,21+,24+/m0/s1. The molecular weight excluding hydrogens is 420 g/mol. The molecule has 5 N–H and O–H groups in total. The van der Waals surface area contributed by atoms with E-state index in [9.17, 15) is 10.2 Å². The third kappa shape index (κ3) is 3.71. The highest BCUT2D eigenvalue weighted by Gasteiger charge is 2.43. The van der Waals surface area contributed by atoms with Crippen LogP contribution in [0.2, 0.25) is 0 Å². The number of benzene rings is 2. The molecule has 0 spiro atoms. The molecule has 3 heterocycles. The summed E-state index contributed by atoms with van der Waals surface area (Å²) in [6.07, 6.45) is -0.527. The van der Waals surface area contributed by atoms with Gasteiger partial charge in [0, 0.05) is 24.0 Å². The molecule has 9 heteroatoms. The quantitative estimate of drug-likeness (QED) is 0.369. The molecule has 5 rings (SSSR count). The van der Waals surface area contributed by atoms with Crippen molar-refractivity contribution < 1.29 is 14.9 Å². The Bertz CT molecular complexity index is 1320. The number of hydrogen-bond donors (Lipinski definition) is 4. The van der Waals surface area contributed by atoms with Crippen LogP contribution in [0.15, 0.2) is 67.1 Å². The number of aliphatic hydroxyl groups is 2. The third-order valence-corrected chi connectivity index (χ3v) is 5.81. The third-order valence-electron chi connectivity index (χ3n) is 5.81. The van der Waals surface area contributed by atoms with Crippen LogP contribution in [0.4, 0.5) is 11.5 Å². The Kier molecular flexibility index (Phi) is 5.50. The normalized spacial score (nSPS) is 22.4. The first kappa shape index (κ1) is 21.1. The minimum Gasteiger partial charge on any atom is -0.387 e. The summed E-state index contributed by atoms with van der Waals surface area (Å²) < 4.78 is 7.60. The largest absolute Gasteiger partial charge is 0.387 e. The van der Waals surface area contributed by atoms with Gasteiger partial charge in [-0.3, -0.25) is 0 Å². The second-order valence-electron chi connectivity index (χ2n) is 7.83. The van der Waals surface area contributed by atoms with E-state index in [2.05, 4.69) is 21.4 Å². The maximum absolute atomic E-state index is 10.7. The summed E-state index contributed by atoms with van der Waals surface area (Å²) >= 11 is 0. The lowest BCUT2D eigenvalue weighted by Gasteiger charge is -2.17. The van der Waals surface area contributed by atoms with Crippen LogP contribution < -0.4 is 11.1 Å². The first-order chi connectivity index (χ1) is 16.1. The summed E-state index contributed by atoms with van der Waals surface area (Å²) in [5.41, 5.74) is 9.33. The van der Waals surface area contributed by atoms with Gasteiger partial charge in [0.05, 0.1) is 17.0 Å². The van der Waals surface area contributed by atoms with Gasteiger partial charge in [-0.15, -0.1) is 0 Å². The number of hydrogen-bond acceptors (Lipinski definition) is 8. The zero-order valence-electron chi connectivity index (χ0n) is 17.5. The number of nitrogens with two attached hydrogens (primary N) is 1. The zero-order valence-corrected chi connectivity index (χ0v) is 17.5. The van der Waals surface area contributed by atoms with Crippen LogP contribution in [0.5, 0.6) is 0 Å². The molecule has 1 fully saturated rings. The van der Waals surface area contributed by atoms with Crippen molar-refractivity contribution in [3.8, 4) is 17.2 Å². The highest BCUT2D eigenvalue weighted by atomic mass is 16.6. The van der Waals surface area contributed by atoms with Crippen molar-refractivity contribution in [1.82, 2.24) is 14.5 Å². The van der Waals surface area contributed by atoms with Crippen molar-refractivity contribution in [2.45, 2.75) is 24.5 Å². The number of fused-ring (bicyclic) bond motifs is 1. The van der Waals surface area contributed by atoms with Crippen molar-refractivity contribution in [2.24, 2.45) is 5.73 Å². The first-order valence-electron chi connectivity index (χ1n) is 10.5. The van der Waals surface area contributed by atoms with E-state index in [0.717, 1.165) is 22.2 Å². The molecule has 0 bridgehead atoms. The highest BCUT2D eigenvalue weighted by molar-refractivity contribution is 6.02. The Morgan fingerprint density at radius 3 is 2.48 bits per heavy atom. The fraction of sp³-hybridized carbons (Fsp3) is 0.208. The van der Waals surface area contributed by atoms with Crippen LogP contribution in [0, 0.1) is 11.3 Å². The number of rotatable bonds is 5. The van der Waals surface area contributed by atoms with E-state index < -0.39 is 24.5 Å². The molecule has 0 radical (unpaired) electrons. The van der Waals surface area contributed by atoms with Crippen LogP contribution in [-0.4, -0.2) is 49.6 Å². The van der Waals surface area contributed by atoms with E-state index in [4.69, 9.17) is 15.7 Å². The summed E-state index contributed by atoms with van der Waals surface area (Å²) in [4.78, 5) is 8.94. The maximum Gasteiger partial charge on any atom is 0.164 e. The number of nitrogens with one attached hydrogen (secondary N) is 1. The van der Waals surface area contributed by atoms with Crippen molar-refractivity contribution in [2.75, 3.05) is 11.9 Å². The van der Waals surface area contributed by atoms with Crippen LogP contribution in [-0.2, 0) is 4.74 Å². The Labute approximate surface area is 189 Å². The summed E-state index contributed by atoms with van der Waals surface area (Å²) in [6, 6.07) is 18.9. The minimum atomic E-state index is -1.16. The molecule has 33 heavy (non-hydrogen) atoms. The number of nitrogens with zero attached hydrogens (tertiary/aromatic N) is 4. The van der Waals surface area contributed by atoms with Gasteiger partial charge in [-0.25, -0.2) is 9.97 Å². The van der Waals surface area contributed by atoms with Gasteiger partial charge in [-0.1, -0.05) is 30.3 Å². The molecule has 9 nitrogen and oxygen atoms in total. The van der Waals surface area contributed by atoms with Crippen LogP contribution >= 0.6 is 0 Å². The Balaban J connectivity index is 1.66. The Morgan fingerprint density at radius 1 is 1.06 bits per heavy atom. The van der Waals surface area contributed by atoms with Crippen molar-refractivity contribution >= 4 is 22.5 Å². The molecule has 1 aliphatic rings. The van der Waals surface area contributed by atoms with E-state index in [1.54, 1.807) is 28.8 Å². The number of nitriles is 1. The molecule has 2 aromatic heterocycles. The lowest BCUT2D eigenvalue weighted by molar-refractivity contribution is -0.0318. The number of anilines is 2. The van der Waals surface area contributed by atoms with Gasteiger partial charge in [0.25, 0.3) is 0 Å². The summed E-state index contributed by atoms with van der Waals surface area (Å²) in [5, 5.41) is 34.1. The molecule has 166 valence electrons. The second kappa shape index (κ2) is 8.61. The zero-order chi connectivity index (χ0) is 22.9. The predicted octanol–water partition coefficient (Wildman–Crippen LogP) is 2.29. The van der Waals surface area contributed by atoms with E-state index in [1.165, 1.54) is 6.33 Å². The SMILES string of the molecule is N#Cc1ccc(Nc2ncnc3c2c(-c2ccccc2)cn3[C@@H]2O[C@@H](CN)[C@@H](O)[C@H]2O)cc1. The molecule has 2 aromatic carbocycles. The van der Waals surface area contributed by atoms with E-state index in [-0.39, 0.29) is 6.54 Å². The Morgan fingerprint density at radius 2 is 1.82 bits per heavy atom. The lowest BCUT2D eigenvalue weighted by Crippen LogP contribution is -2.35. The smallest absolute Gasteiger partial charge is 0.164 e. The van der Waals surface area contributed by atoms with E-state index >= 15 is 0 Å². The van der Waals surface area contributed by atoms with Crippen LogP contribution in [0.1, 0.15) is 11.8 Å². The highest BCUT2D eigenvalue weighted by Crippen LogP contribution is 2.39. The molecule has 0 aliphatic carbocycles. The Hall–Kier alpha value is -3.81. The van der Waals surface area contributed by atoms with Crippen molar-refractivity contribution in [3.63, 3.8) is 0 Å².